The van der Waals surface area contributed by atoms with Crippen LogP contribution in [-0.4, -0.2) is 14.9 Å². The van der Waals surface area contributed by atoms with Crippen molar-refractivity contribution in [2.75, 3.05) is 10.6 Å². The number of halogens is 2. The second-order valence-corrected chi connectivity index (χ2v) is 6.76. The van der Waals surface area contributed by atoms with Crippen LogP contribution in [0.4, 0.5) is 15.8 Å². The van der Waals surface area contributed by atoms with Crippen LogP contribution in [0.5, 0.6) is 0 Å². The van der Waals surface area contributed by atoms with Crippen LogP contribution in [0.25, 0.3) is 0 Å². The van der Waals surface area contributed by atoms with Crippen LogP contribution in [0.2, 0.25) is 5.02 Å². The van der Waals surface area contributed by atoms with Crippen LogP contribution in [0.1, 0.15) is 17.0 Å². The topological polar surface area (TPSA) is 41.9 Å². The summed E-state index contributed by atoms with van der Waals surface area (Å²) in [6.07, 6.45) is 0. The van der Waals surface area contributed by atoms with Gasteiger partial charge in [-0.15, -0.1) is 0 Å². The Morgan fingerprint density at radius 2 is 1.88 bits per heavy atom. The Balaban J connectivity index is 1.73. The van der Waals surface area contributed by atoms with Gasteiger partial charge in [-0.1, -0.05) is 29.8 Å². The van der Waals surface area contributed by atoms with Crippen molar-refractivity contribution < 1.29 is 4.39 Å². The van der Waals surface area contributed by atoms with Crippen molar-refractivity contribution >= 4 is 40.3 Å². The van der Waals surface area contributed by atoms with E-state index in [1.165, 1.54) is 12.1 Å². The van der Waals surface area contributed by atoms with Crippen LogP contribution < -0.4 is 10.6 Å². The highest BCUT2D eigenvalue weighted by molar-refractivity contribution is 7.80. The number of benzene rings is 2. The number of nitrogens with one attached hydrogen (secondary N) is 2. The van der Waals surface area contributed by atoms with Gasteiger partial charge in [0, 0.05) is 10.7 Å². The van der Waals surface area contributed by atoms with E-state index in [9.17, 15) is 4.39 Å². The van der Waals surface area contributed by atoms with Crippen LogP contribution in [0.3, 0.4) is 0 Å². The molecule has 0 aliphatic rings. The number of anilines is 2. The monoisotopic (exact) mass is 388 g/mol. The van der Waals surface area contributed by atoms with E-state index in [1.807, 2.05) is 30.7 Å². The summed E-state index contributed by atoms with van der Waals surface area (Å²) in [5.41, 5.74) is 4.42. The minimum Gasteiger partial charge on any atom is -0.332 e. The first-order valence-electron chi connectivity index (χ1n) is 8.04. The zero-order chi connectivity index (χ0) is 18.7. The Bertz CT molecular complexity index is 937. The molecule has 0 spiro atoms. The number of aryl methyl sites for hydroxylation is 1. The predicted molar refractivity (Wildman–Crippen MR) is 108 cm³/mol. The maximum atomic E-state index is 13.1. The standard InChI is InChI=1S/C19H18ClFN4S/c1-12-18(23-19(26)22-17-5-3-4-15(20)10-17)13(2)25(24-12)11-14-6-8-16(21)9-7-14/h3-10H,11H2,1-2H3,(H2,22,23,26). The molecule has 0 saturated carbocycles. The molecule has 0 aliphatic carbocycles. The van der Waals surface area contributed by atoms with Crippen molar-refractivity contribution in [2.45, 2.75) is 20.4 Å². The van der Waals surface area contributed by atoms with Crippen LogP contribution >= 0.6 is 23.8 Å². The second-order valence-electron chi connectivity index (χ2n) is 5.92. The molecule has 0 radical (unpaired) electrons. The molecule has 26 heavy (non-hydrogen) atoms. The van der Waals surface area contributed by atoms with E-state index in [0.717, 1.165) is 28.3 Å². The highest BCUT2D eigenvalue weighted by Crippen LogP contribution is 2.21. The van der Waals surface area contributed by atoms with Gasteiger partial charge in [0.1, 0.15) is 5.82 Å². The fraction of sp³-hybridized carbons (Fsp3) is 0.158. The fourth-order valence-corrected chi connectivity index (χ4v) is 3.05. The molecule has 2 N–H and O–H groups in total. The molecular formula is C19H18ClFN4S. The highest BCUT2D eigenvalue weighted by atomic mass is 35.5. The first-order chi connectivity index (χ1) is 12.4. The van der Waals surface area contributed by atoms with Gasteiger partial charge in [-0.25, -0.2) is 4.39 Å². The number of aromatic nitrogens is 2. The van der Waals surface area contributed by atoms with Crippen molar-refractivity contribution in [3.8, 4) is 0 Å². The number of nitrogens with zero attached hydrogens (tertiary/aromatic N) is 2. The van der Waals surface area contributed by atoms with Gasteiger partial charge in [0.25, 0.3) is 0 Å². The quantitative estimate of drug-likeness (QED) is 0.606. The third kappa shape index (κ3) is 4.39. The summed E-state index contributed by atoms with van der Waals surface area (Å²) >= 11 is 11.4. The van der Waals surface area contributed by atoms with Gasteiger partial charge in [-0.2, -0.15) is 5.10 Å². The maximum Gasteiger partial charge on any atom is 0.175 e. The maximum absolute atomic E-state index is 13.1. The Morgan fingerprint density at radius 1 is 1.15 bits per heavy atom. The molecule has 0 atom stereocenters. The largest absolute Gasteiger partial charge is 0.332 e. The van der Waals surface area contributed by atoms with Crippen LogP contribution in [0, 0.1) is 19.7 Å². The molecule has 0 bridgehead atoms. The summed E-state index contributed by atoms with van der Waals surface area (Å²) in [6, 6.07) is 13.7. The molecule has 0 saturated heterocycles. The number of thiocarbonyl (C=S) groups is 1. The summed E-state index contributed by atoms with van der Waals surface area (Å²) in [5, 5.41) is 12.0. The molecule has 0 fully saturated rings. The number of rotatable bonds is 4. The van der Waals surface area contributed by atoms with Crippen LogP contribution in [-0.2, 0) is 6.54 Å². The minimum absolute atomic E-state index is 0.248. The molecule has 0 unspecified atom stereocenters. The van der Waals surface area contributed by atoms with E-state index in [4.69, 9.17) is 23.8 Å². The van der Waals surface area contributed by atoms with Crippen LogP contribution in [0.15, 0.2) is 48.5 Å². The molecule has 0 aliphatic heterocycles. The molecular weight excluding hydrogens is 371 g/mol. The van der Waals surface area contributed by atoms with E-state index < -0.39 is 0 Å². The van der Waals surface area contributed by atoms with Gasteiger partial charge in [-0.3, -0.25) is 4.68 Å². The molecule has 4 nitrogen and oxygen atoms in total. The van der Waals surface area contributed by atoms with Gasteiger partial charge in [-0.05, 0) is 62.0 Å². The third-order valence-electron chi connectivity index (χ3n) is 3.95. The van der Waals surface area contributed by atoms with E-state index in [2.05, 4.69) is 15.7 Å². The Labute approximate surface area is 162 Å². The first-order valence-corrected chi connectivity index (χ1v) is 8.83. The van der Waals surface area contributed by atoms with E-state index in [-0.39, 0.29) is 5.82 Å². The van der Waals surface area contributed by atoms with E-state index >= 15 is 0 Å². The fourth-order valence-electron chi connectivity index (χ4n) is 2.64. The zero-order valence-corrected chi connectivity index (χ0v) is 16.0. The smallest absolute Gasteiger partial charge is 0.175 e. The van der Waals surface area contributed by atoms with Crippen molar-refractivity contribution in [1.29, 1.82) is 0 Å². The summed E-state index contributed by atoms with van der Waals surface area (Å²) in [7, 11) is 0. The Hall–Kier alpha value is -2.44. The molecule has 2 aromatic carbocycles. The number of hydrogen-bond donors (Lipinski definition) is 2. The van der Waals surface area contributed by atoms with Crippen molar-refractivity contribution in [2.24, 2.45) is 0 Å². The SMILES string of the molecule is Cc1nn(Cc2ccc(F)cc2)c(C)c1NC(=S)Nc1cccc(Cl)c1. The molecule has 3 rings (SSSR count). The van der Waals surface area contributed by atoms with Gasteiger partial charge >= 0.3 is 0 Å². The van der Waals surface area contributed by atoms with Crippen molar-refractivity contribution in [1.82, 2.24) is 9.78 Å². The molecule has 7 heteroatoms. The summed E-state index contributed by atoms with van der Waals surface area (Å²) in [6.45, 7) is 4.44. The lowest BCUT2D eigenvalue weighted by Crippen LogP contribution is -2.20. The van der Waals surface area contributed by atoms with Gasteiger partial charge < -0.3 is 10.6 Å². The summed E-state index contributed by atoms with van der Waals surface area (Å²) < 4.78 is 14.9. The Morgan fingerprint density at radius 3 is 2.58 bits per heavy atom. The lowest BCUT2D eigenvalue weighted by atomic mass is 10.2. The van der Waals surface area contributed by atoms with Gasteiger partial charge in [0.15, 0.2) is 5.11 Å². The molecule has 134 valence electrons. The third-order valence-corrected chi connectivity index (χ3v) is 4.39. The molecule has 1 aromatic heterocycles. The van der Waals surface area contributed by atoms with Gasteiger partial charge in [0.2, 0.25) is 0 Å². The van der Waals surface area contributed by atoms with E-state index in [0.29, 0.717) is 16.7 Å². The Kier molecular flexibility index (Phi) is 5.54. The second kappa shape index (κ2) is 7.85. The van der Waals surface area contributed by atoms with Crippen molar-refractivity contribution in [3.05, 3.63) is 76.3 Å². The highest BCUT2D eigenvalue weighted by Gasteiger charge is 2.13. The zero-order valence-electron chi connectivity index (χ0n) is 14.4. The number of hydrogen-bond acceptors (Lipinski definition) is 2. The molecule has 1 heterocycles. The lowest BCUT2D eigenvalue weighted by molar-refractivity contribution is 0.622. The van der Waals surface area contributed by atoms with Gasteiger partial charge in [0.05, 0.1) is 23.6 Å². The van der Waals surface area contributed by atoms with E-state index in [1.54, 1.807) is 24.3 Å². The normalized spacial score (nSPS) is 10.6. The molecule has 0 amide bonds. The van der Waals surface area contributed by atoms with Crippen molar-refractivity contribution in [3.63, 3.8) is 0 Å². The average Bonchev–Trinajstić information content (AvgIpc) is 2.84. The minimum atomic E-state index is -0.248. The predicted octanol–water partition coefficient (Wildman–Crippen LogP) is 5.15. The molecule has 3 aromatic rings. The lowest BCUT2D eigenvalue weighted by Gasteiger charge is -2.11. The summed E-state index contributed by atoms with van der Waals surface area (Å²) in [5.74, 6) is -0.248. The summed E-state index contributed by atoms with van der Waals surface area (Å²) in [4.78, 5) is 0. The average molecular weight is 389 g/mol. The first kappa shape index (κ1) is 18.4.